The summed E-state index contributed by atoms with van der Waals surface area (Å²) in [5.74, 6) is 2.05. The Kier molecular flexibility index (Phi) is 7.74. The van der Waals surface area contributed by atoms with Crippen LogP contribution in [-0.2, 0) is 11.2 Å². The Balaban J connectivity index is 0.000000199. The van der Waals surface area contributed by atoms with Crippen molar-refractivity contribution in [1.29, 1.82) is 0 Å². The second-order valence-electron chi connectivity index (χ2n) is 8.37. The number of aldehydes is 1. The fourth-order valence-corrected chi connectivity index (χ4v) is 3.92. The molecule has 0 spiro atoms. The molecule has 2 aromatic rings. The fraction of sp³-hybridized carbons (Fsp3) is 0.522. The lowest BCUT2D eigenvalue weighted by molar-refractivity contribution is -0.109. The van der Waals surface area contributed by atoms with Gasteiger partial charge >= 0.3 is 0 Å². The van der Waals surface area contributed by atoms with E-state index >= 15 is 0 Å². The Morgan fingerprint density at radius 3 is 2.57 bits per heavy atom. The van der Waals surface area contributed by atoms with Gasteiger partial charge in [0, 0.05) is 36.9 Å². The molecule has 0 aliphatic carbocycles. The number of ether oxygens (including phenoxy) is 1. The van der Waals surface area contributed by atoms with Gasteiger partial charge in [-0.25, -0.2) is 14.4 Å². The number of rotatable bonds is 7. The van der Waals surface area contributed by atoms with Gasteiger partial charge in [0.1, 0.15) is 30.3 Å². The van der Waals surface area contributed by atoms with E-state index in [1.165, 1.54) is 49.3 Å². The minimum Gasteiger partial charge on any atom is -0.486 e. The van der Waals surface area contributed by atoms with Gasteiger partial charge in [0.2, 0.25) is 0 Å². The van der Waals surface area contributed by atoms with Gasteiger partial charge in [-0.2, -0.15) is 0 Å². The number of piperazine rings is 1. The van der Waals surface area contributed by atoms with Crippen LogP contribution < -0.4 is 9.64 Å². The van der Waals surface area contributed by atoms with Gasteiger partial charge in [0.15, 0.2) is 6.29 Å². The van der Waals surface area contributed by atoms with Crippen molar-refractivity contribution < 1.29 is 13.9 Å². The average Bonchev–Trinajstić information content (AvgIpc) is 3.32. The zero-order valence-electron chi connectivity index (χ0n) is 18.0. The molecule has 6 nitrogen and oxygen atoms in total. The highest BCUT2D eigenvalue weighted by atomic mass is 19.1. The molecule has 2 fully saturated rings. The van der Waals surface area contributed by atoms with Crippen molar-refractivity contribution in [3.05, 3.63) is 48.2 Å². The van der Waals surface area contributed by atoms with Gasteiger partial charge in [-0.05, 0) is 56.5 Å². The molecule has 2 bridgehead atoms. The molecule has 3 heterocycles. The molecule has 0 radical (unpaired) electrons. The Hall–Kier alpha value is -2.54. The van der Waals surface area contributed by atoms with Crippen LogP contribution in [0.4, 0.5) is 10.2 Å². The van der Waals surface area contributed by atoms with E-state index in [-0.39, 0.29) is 12.4 Å². The maximum Gasteiger partial charge on any atom is 0.157 e. The lowest BCUT2D eigenvalue weighted by atomic mass is 10.1. The first-order chi connectivity index (χ1) is 14.5. The first kappa shape index (κ1) is 22.2. The van der Waals surface area contributed by atoms with Crippen molar-refractivity contribution in [3.63, 3.8) is 0 Å². The zero-order valence-corrected chi connectivity index (χ0v) is 18.0. The highest BCUT2D eigenvalue weighted by Gasteiger charge is 2.41. The van der Waals surface area contributed by atoms with Gasteiger partial charge in [0.25, 0.3) is 0 Å². The summed E-state index contributed by atoms with van der Waals surface area (Å²) in [7, 11) is 2.23. The van der Waals surface area contributed by atoms with E-state index in [0.717, 1.165) is 30.7 Å². The first-order valence-electron chi connectivity index (χ1n) is 10.6. The van der Waals surface area contributed by atoms with Gasteiger partial charge in [-0.1, -0.05) is 13.8 Å². The van der Waals surface area contributed by atoms with Gasteiger partial charge in [0.05, 0.1) is 0 Å². The molecule has 0 saturated carbocycles. The van der Waals surface area contributed by atoms with Crippen LogP contribution in [0.15, 0.2) is 36.7 Å². The molecule has 7 heteroatoms. The summed E-state index contributed by atoms with van der Waals surface area (Å²) in [6.45, 7) is 6.83. The first-order valence-corrected chi connectivity index (χ1v) is 10.6. The zero-order chi connectivity index (χ0) is 21.5. The topological polar surface area (TPSA) is 58.6 Å². The van der Waals surface area contributed by atoms with Gasteiger partial charge in [-0.15, -0.1) is 0 Å². The standard InChI is InChI=1S/C15H24N4.C8H7FO2/c1-11(2)4-5-12-6-15(17-10-16-12)19-9-13-7-14(19)8-18(13)3;9-7-1-3-8(4-2-7)11-6-5-10/h6,10-11,13-14H,4-5,7-9H2,1-3H3;1-5H,6H2. The van der Waals surface area contributed by atoms with E-state index < -0.39 is 0 Å². The van der Waals surface area contributed by atoms with Crippen molar-refractivity contribution in [2.24, 2.45) is 5.92 Å². The fourth-order valence-electron chi connectivity index (χ4n) is 3.92. The number of fused-ring (bicyclic) bond motifs is 2. The predicted molar refractivity (Wildman–Crippen MR) is 115 cm³/mol. The Bertz CT molecular complexity index is 813. The molecule has 1 aromatic heterocycles. The maximum absolute atomic E-state index is 12.3. The monoisotopic (exact) mass is 414 g/mol. The summed E-state index contributed by atoms with van der Waals surface area (Å²) in [6, 6.07) is 9.07. The molecule has 2 unspecified atom stereocenters. The minimum atomic E-state index is -0.316. The lowest BCUT2D eigenvalue weighted by Crippen LogP contribution is -2.44. The third kappa shape index (κ3) is 5.98. The number of aromatic nitrogens is 2. The molecular weight excluding hydrogens is 383 g/mol. The summed E-state index contributed by atoms with van der Waals surface area (Å²) in [5, 5.41) is 0. The molecule has 162 valence electrons. The van der Waals surface area contributed by atoms with Crippen molar-refractivity contribution in [1.82, 2.24) is 14.9 Å². The van der Waals surface area contributed by atoms with E-state index in [1.807, 2.05) is 0 Å². The molecule has 4 rings (SSSR count). The van der Waals surface area contributed by atoms with Crippen LogP contribution in [-0.4, -0.2) is 60.0 Å². The molecule has 30 heavy (non-hydrogen) atoms. The smallest absolute Gasteiger partial charge is 0.157 e. The predicted octanol–water partition coefficient (Wildman–Crippen LogP) is 3.36. The third-order valence-corrected chi connectivity index (χ3v) is 5.63. The number of benzene rings is 1. The average molecular weight is 415 g/mol. The number of carbonyl (C=O) groups is 1. The van der Waals surface area contributed by atoms with E-state index in [9.17, 15) is 9.18 Å². The maximum atomic E-state index is 12.3. The summed E-state index contributed by atoms with van der Waals surface area (Å²) in [6.07, 6.45) is 5.94. The largest absolute Gasteiger partial charge is 0.486 e. The Morgan fingerprint density at radius 1 is 1.20 bits per heavy atom. The van der Waals surface area contributed by atoms with Crippen molar-refractivity contribution in [3.8, 4) is 5.75 Å². The van der Waals surface area contributed by atoms with E-state index in [2.05, 4.69) is 46.7 Å². The van der Waals surface area contributed by atoms with Gasteiger partial charge in [-0.3, -0.25) is 9.69 Å². The molecule has 1 aromatic carbocycles. The number of likely N-dealkylation sites (tertiary alicyclic amines) is 1. The van der Waals surface area contributed by atoms with E-state index in [0.29, 0.717) is 18.1 Å². The SMILES string of the molecule is CC(C)CCc1cc(N2CC3CC2CN3C)ncn1.O=CCOc1ccc(F)cc1. The highest BCUT2D eigenvalue weighted by Crippen LogP contribution is 2.32. The van der Waals surface area contributed by atoms with Crippen LogP contribution in [0.25, 0.3) is 0 Å². The third-order valence-electron chi connectivity index (χ3n) is 5.63. The number of carbonyl (C=O) groups excluding carboxylic acids is 1. The van der Waals surface area contributed by atoms with Crippen molar-refractivity contribution in [2.75, 3.05) is 31.6 Å². The van der Waals surface area contributed by atoms with Crippen molar-refractivity contribution >= 4 is 12.1 Å². The molecule has 0 amide bonds. The lowest BCUT2D eigenvalue weighted by Gasteiger charge is -2.32. The molecule has 2 saturated heterocycles. The quantitative estimate of drug-likeness (QED) is 0.648. The van der Waals surface area contributed by atoms with Gasteiger partial charge < -0.3 is 9.64 Å². The summed E-state index contributed by atoms with van der Waals surface area (Å²) in [4.78, 5) is 23.7. The van der Waals surface area contributed by atoms with Crippen LogP contribution in [0.1, 0.15) is 32.4 Å². The number of nitrogens with zero attached hydrogens (tertiary/aromatic N) is 4. The molecule has 2 aliphatic rings. The summed E-state index contributed by atoms with van der Waals surface area (Å²) < 4.78 is 17.2. The van der Waals surface area contributed by atoms with Crippen LogP contribution in [0.3, 0.4) is 0 Å². The molecule has 2 aliphatic heterocycles. The normalized spacial score (nSPS) is 20.2. The molecule has 0 N–H and O–H groups in total. The van der Waals surface area contributed by atoms with E-state index in [4.69, 9.17) is 4.74 Å². The Morgan fingerprint density at radius 2 is 1.97 bits per heavy atom. The number of likely N-dealkylation sites (N-methyl/N-ethyl adjacent to an activating group) is 1. The number of anilines is 1. The molecule has 2 atom stereocenters. The van der Waals surface area contributed by atoms with Crippen molar-refractivity contribution in [2.45, 2.75) is 45.2 Å². The van der Waals surface area contributed by atoms with Crippen LogP contribution in [0.5, 0.6) is 5.75 Å². The second-order valence-corrected chi connectivity index (χ2v) is 8.37. The highest BCUT2D eigenvalue weighted by molar-refractivity contribution is 5.51. The van der Waals surface area contributed by atoms with Crippen LogP contribution >= 0.6 is 0 Å². The molecular formula is C23H31FN4O2. The van der Waals surface area contributed by atoms with E-state index in [1.54, 1.807) is 6.33 Å². The van der Waals surface area contributed by atoms with Crippen LogP contribution in [0, 0.1) is 11.7 Å². The Labute approximate surface area is 178 Å². The minimum absolute atomic E-state index is 0.00559. The number of hydrogen-bond acceptors (Lipinski definition) is 6. The number of aryl methyl sites for hydroxylation is 1. The summed E-state index contributed by atoms with van der Waals surface area (Å²) in [5.41, 5.74) is 1.19. The number of hydrogen-bond donors (Lipinski definition) is 0. The second kappa shape index (κ2) is 10.5. The number of halogens is 1. The van der Waals surface area contributed by atoms with Crippen LogP contribution in [0.2, 0.25) is 0 Å². The summed E-state index contributed by atoms with van der Waals surface area (Å²) >= 11 is 0.